The topological polar surface area (TPSA) is 23.6 Å². The van der Waals surface area contributed by atoms with E-state index in [1.807, 2.05) is 0 Å². The fourth-order valence-corrected chi connectivity index (χ4v) is 3.37. The Kier molecular flexibility index (Phi) is 3.61. The van der Waals surface area contributed by atoms with Crippen LogP contribution in [0.15, 0.2) is 0 Å². The molecule has 0 unspecified atom stereocenters. The summed E-state index contributed by atoms with van der Waals surface area (Å²) in [5.74, 6) is 0. The van der Waals surface area contributed by atoms with Crippen molar-refractivity contribution in [3.8, 4) is 0 Å². The second-order valence-corrected chi connectivity index (χ2v) is 7.66. The first kappa shape index (κ1) is 13.7. The molecule has 0 bridgehead atoms. The number of nitrogens with zero attached hydrogens (tertiary/aromatic N) is 2. The van der Waals surface area contributed by atoms with Gasteiger partial charge in [-0.2, -0.15) is 0 Å². The molecule has 0 spiro atoms. The number of amides is 2. The highest BCUT2D eigenvalue weighted by Gasteiger charge is 2.35. The molecule has 0 atom stereocenters. The highest BCUT2D eigenvalue weighted by Crippen LogP contribution is 2.32. The molecule has 2 aliphatic heterocycles. The molecule has 2 saturated heterocycles. The van der Waals surface area contributed by atoms with Crippen molar-refractivity contribution in [1.82, 2.24) is 9.80 Å². The standard InChI is InChI=1S/C15H28N2O/c1-14(2)7-5-9-16(11-14)13(18)17-10-6-8-15(3,4)12-17/h5-12H2,1-4H3. The summed E-state index contributed by atoms with van der Waals surface area (Å²) >= 11 is 0. The molecule has 3 heteroatoms. The fourth-order valence-electron chi connectivity index (χ4n) is 3.37. The molecule has 2 aliphatic rings. The summed E-state index contributed by atoms with van der Waals surface area (Å²) in [6, 6.07) is 0.274. The van der Waals surface area contributed by atoms with Gasteiger partial charge in [0, 0.05) is 26.2 Å². The molecule has 3 nitrogen and oxygen atoms in total. The third kappa shape index (κ3) is 3.18. The highest BCUT2D eigenvalue weighted by atomic mass is 16.2. The summed E-state index contributed by atoms with van der Waals surface area (Å²) in [7, 11) is 0. The van der Waals surface area contributed by atoms with E-state index >= 15 is 0 Å². The van der Waals surface area contributed by atoms with Crippen molar-refractivity contribution in [2.45, 2.75) is 53.4 Å². The maximum absolute atomic E-state index is 12.6. The van der Waals surface area contributed by atoms with Crippen molar-refractivity contribution in [3.05, 3.63) is 0 Å². The zero-order valence-corrected chi connectivity index (χ0v) is 12.5. The van der Waals surface area contributed by atoms with Crippen molar-refractivity contribution in [3.63, 3.8) is 0 Å². The Morgan fingerprint density at radius 2 is 1.22 bits per heavy atom. The van der Waals surface area contributed by atoms with Crippen LogP contribution in [0.1, 0.15) is 53.4 Å². The minimum atomic E-state index is 0.274. The van der Waals surface area contributed by atoms with Gasteiger partial charge in [0.15, 0.2) is 0 Å². The first-order valence-electron chi connectivity index (χ1n) is 7.33. The van der Waals surface area contributed by atoms with E-state index in [4.69, 9.17) is 0 Å². The lowest BCUT2D eigenvalue weighted by molar-refractivity contribution is 0.0749. The SMILES string of the molecule is CC1(C)CCCN(C(=O)N2CCCC(C)(C)C2)C1. The third-order valence-electron chi connectivity index (χ3n) is 4.34. The molecular weight excluding hydrogens is 224 g/mol. The van der Waals surface area contributed by atoms with Crippen LogP contribution in [0.25, 0.3) is 0 Å². The number of carbonyl (C=O) groups excluding carboxylic acids is 1. The minimum Gasteiger partial charge on any atom is -0.324 e. The van der Waals surface area contributed by atoms with E-state index in [9.17, 15) is 4.79 Å². The lowest BCUT2D eigenvalue weighted by atomic mass is 9.83. The van der Waals surface area contributed by atoms with Gasteiger partial charge in [0.2, 0.25) is 0 Å². The Balaban J connectivity index is 1.98. The van der Waals surface area contributed by atoms with E-state index in [0.717, 1.165) is 39.0 Å². The van der Waals surface area contributed by atoms with Gasteiger partial charge in [0.1, 0.15) is 0 Å². The Labute approximate surface area is 112 Å². The molecule has 0 aromatic carbocycles. The van der Waals surface area contributed by atoms with E-state index < -0.39 is 0 Å². The Bertz CT molecular complexity index is 292. The summed E-state index contributed by atoms with van der Waals surface area (Å²) in [4.78, 5) is 16.7. The van der Waals surface area contributed by atoms with Gasteiger partial charge in [-0.1, -0.05) is 27.7 Å². The van der Waals surface area contributed by atoms with Gasteiger partial charge in [0.05, 0.1) is 0 Å². The van der Waals surface area contributed by atoms with E-state index in [-0.39, 0.29) is 6.03 Å². The van der Waals surface area contributed by atoms with Gasteiger partial charge in [-0.25, -0.2) is 4.79 Å². The summed E-state index contributed by atoms with van der Waals surface area (Å²) in [6.45, 7) is 12.8. The van der Waals surface area contributed by atoms with Crippen LogP contribution in [-0.2, 0) is 0 Å². The van der Waals surface area contributed by atoms with Gasteiger partial charge < -0.3 is 9.80 Å². The molecule has 0 saturated carbocycles. The van der Waals surface area contributed by atoms with Crippen molar-refractivity contribution in [2.24, 2.45) is 10.8 Å². The van der Waals surface area contributed by atoms with Gasteiger partial charge in [-0.05, 0) is 36.5 Å². The summed E-state index contributed by atoms with van der Waals surface area (Å²) in [6.07, 6.45) is 4.77. The molecule has 0 radical (unpaired) electrons. The number of urea groups is 1. The summed E-state index contributed by atoms with van der Waals surface area (Å²) in [5, 5.41) is 0. The second kappa shape index (κ2) is 4.75. The van der Waals surface area contributed by atoms with Gasteiger partial charge >= 0.3 is 6.03 Å². The zero-order valence-electron chi connectivity index (χ0n) is 12.5. The van der Waals surface area contributed by atoms with Crippen molar-refractivity contribution >= 4 is 6.03 Å². The molecule has 18 heavy (non-hydrogen) atoms. The first-order chi connectivity index (χ1) is 8.29. The maximum Gasteiger partial charge on any atom is 0.320 e. The van der Waals surface area contributed by atoms with Gasteiger partial charge in [0.25, 0.3) is 0 Å². The van der Waals surface area contributed by atoms with Gasteiger partial charge in [-0.15, -0.1) is 0 Å². The van der Waals surface area contributed by atoms with Crippen LogP contribution in [0.2, 0.25) is 0 Å². The molecular formula is C15H28N2O. The van der Waals surface area contributed by atoms with Crippen LogP contribution in [0.4, 0.5) is 4.79 Å². The molecule has 2 rings (SSSR count). The zero-order chi connectivity index (χ0) is 13.4. The lowest BCUT2D eigenvalue weighted by Gasteiger charge is -2.44. The van der Waals surface area contributed by atoms with Crippen molar-refractivity contribution in [2.75, 3.05) is 26.2 Å². The number of piperidine rings is 2. The molecule has 0 N–H and O–H groups in total. The predicted octanol–water partition coefficient (Wildman–Crippen LogP) is 3.35. The Morgan fingerprint density at radius 1 is 0.833 bits per heavy atom. The van der Waals surface area contributed by atoms with Crippen LogP contribution < -0.4 is 0 Å². The molecule has 2 heterocycles. The second-order valence-electron chi connectivity index (χ2n) is 7.66. The molecule has 0 aromatic rings. The molecule has 2 fully saturated rings. The van der Waals surface area contributed by atoms with E-state index in [2.05, 4.69) is 37.5 Å². The average molecular weight is 252 g/mol. The first-order valence-corrected chi connectivity index (χ1v) is 7.33. The van der Waals surface area contributed by atoms with Gasteiger partial charge in [-0.3, -0.25) is 0 Å². The maximum atomic E-state index is 12.6. The smallest absolute Gasteiger partial charge is 0.320 e. The number of likely N-dealkylation sites (tertiary alicyclic amines) is 2. The number of carbonyl (C=O) groups is 1. The Morgan fingerprint density at radius 3 is 1.56 bits per heavy atom. The highest BCUT2D eigenvalue weighted by molar-refractivity contribution is 5.74. The van der Waals surface area contributed by atoms with Crippen LogP contribution in [0.5, 0.6) is 0 Å². The average Bonchev–Trinajstić information content (AvgIpc) is 2.25. The van der Waals surface area contributed by atoms with Crippen LogP contribution >= 0.6 is 0 Å². The van der Waals surface area contributed by atoms with Crippen LogP contribution in [-0.4, -0.2) is 42.0 Å². The summed E-state index contributed by atoms with van der Waals surface area (Å²) in [5.41, 5.74) is 0.582. The van der Waals surface area contributed by atoms with E-state index in [1.165, 1.54) is 12.8 Å². The minimum absolute atomic E-state index is 0.274. The fraction of sp³-hybridized carbons (Fsp3) is 0.933. The van der Waals surface area contributed by atoms with E-state index in [0.29, 0.717) is 10.8 Å². The normalized spacial score (nSPS) is 27.1. The van der Waals surface area contributed by atoms with Crippen LogP contribution in [0.3, 0.4) is 0 Å². The number of hydrogen-bond acceptors (Lipinski definition) is 1. The largest absolute Gasteiger partial charge is 0.324 e. The predicted molar refractivity (Wildman–Crippen MR) is 74.6 cm³/mol. The van der Waals surface area contributed by atoms with Crippen molar-refractivity contribution in [1.29, 1.82) is 0 Å². The quantitative estimate of drug-likeness (QED) is 0.648. The molecule has 0 aromatic heterocycles. The van der Waals surface area contributed by atoms with Crippen LogP contribution in [0, 0.1) is 10.8 Å². The summed E-state index contributed by atoms with van der Waals surface area (Å²) < 4.78 is 0. The monoisotopic (exact) mass is 252 g/mol. The molecule has 104 valence electrons. The third-order valence-corrected chi connectivity index (χ3v) is 4.34. The molecule has 0 aliphatic carbocycles. The van der Waals surface area contributed by atoms with Crippen molar-refractivity contribution < 1.29 is 4.79 Å². The lowest BCUT2D eigenvalue weighted by Crippen LogP contribution is -2.53. The van der Waals surface area contributed by atoms with E-state index in [1.54, 1.807) is 0 Å². The number of rotatable bonds is 0. The molecule has 2 amide bonds. The Hall–Kier alpha value is -0.730. The number of hydrogen-bond donors (Lipinski definition) is 0.